The van der Waals surface area contributed by atoms with Crippen molar-refractivity contribution in [2.24, 2.45) is 0 Å². The second kappa shape index (κ2) is 7.72. The lowest BCUT2D eigenvalue weighted by Crippen LogP contribution is -2.35. The van der Waals surface area contributed by atoms with Gasteiger partial charge in [-0.2, -0.15) is 0 Å². The van der Waals surface area contributed by atoms with Crippen molar-refractivity contribution in [3.05, 3.63) is 89.5 Å². The minimum absolute atomic E-state index is 0.227. The zero-order valence-electron chi connectivity index (χ0n) is 16.1. The SMILES string of the molecule is Cc1ccc(S(=O)(=O)N2CCCc3ccc(NC(=O)c4ccccc4)cc32)cc1. The van der Waals surface area contributed by atoms with Crippen LogP contribution in [0, 0.1) is 6.92 Å². The second-order valence-corrected chi connectivity index (χ2v) is 9.02. The summed E-state index contributed by atoms with van der Waals surface area (Å²) in [6.07, 6.45) is 1.57. The summed E-state index contributed by atoms with van der Waals surface area (Å²) in [7, 11) is -3.67. The third-order valence-electron chi connectivity index (χ3n) is 5.06. The minimum atomic E-state index is -3.67. The Labute approximate surface area is 171 Å². The number of sulfonamides is 1. The van der Waals surface area contributed by atoms with Crippen molar-refractivity contribution >= 4 is 27.3 Å². The van der Waals surface area contributed by atoms with Gasteiger partial charge >= 0.3 is 0 Å². The summed E-state index contributed by atoms with van der Waals surface area (Å²) < 4.78 is 28.0. The van der Waals surface area contributed by atoms with Crippen LogP contribution in [0.1, 0.15) is 27.9 Å². The van der Waals surface area contributed by atoms with Crippen LogP contribution in [0.4, 0.5) is 11.4 Å². The molecule has 6 heteroatoms. The molecule has 3 aromatic carbocycles. The van der Waals surface area contributed by atoms with Gasteiger partial charge in [0.1, 0.15) is 0 Å². The molecular formula is C23H22N2O3S. The summed E-state index contributed by atoms with van der Waals surface area (Å²) in [6.45, 7) is 2.34. The molecule has 0 fully saturated rings. The fourth-order valence-corrected chi connectivity index (χ4v) is 5.03. The Kier molecular flexibility index (Phi) is 5.11. The number of carbonyl (C=O) groups excluding carboxylic acids is 1. The van der Waals surface area contributed by atoms with Crippen LogP contribution < -0.4 is 9.62 Å². The van der Waals surface area contributed by atoms with Gasteiger partial charge in [0.05, 0.1) is 10.6 Å². The van der Waals surface area contributed by atoms with Crippen LogP contribution in [0.5, 0.6) is 0 Å². The van der Waals surface area contributed by atoms with Gasteiger partial charge in [-0.15, -0.1) is 0 Å². The van der Waals surface area contributed by atoms with E-state index in [1.54, 1.807) is 54.6 Å². The molecule has 1 amide bonds. The molecule has 0 aliphatic carbocycles. The molecule has 29 heavy (non-hydrogen) atoms. The Morgan fingerprint density at radius 3 is 2.41 bits per heavy atom. The molecule has 1 heterocycles. The lowest BCUT2D eigenvalue weighted by atomic mass is 10.0. The van der Waals surface area contributed by atoms with Crippen molar-refractivity contribution in [1.29, 1.82) is 0 Å². The first-order chi connectivity index (χ1) is 13.9. The molecule has 3 aromatic rings. The fourth-order valence-electron chi connectivity index (χ4n) is 3.50. The largest absolute Gasteiger partial charge is 0.322 e. The summed E-state index contributed by atoms with van der Waals surface area (Å²) in [5.74, 6) is -0.227. The number of carbonyl (C=O) groups is 1. The summed E-state index contributed by atoms with van der Waals surface area (Å²) in [6, 6.07) is 21.3. The molecule has 0 saturated heterocycles. The highest BCUT2D eigenvalue weighted by Gasteiger charge is 2.29. The molecule has 5 nitrogen and oxygen atoms in total. The standard InChI is InChI=1S/C23H22N2O3S/c1-17-9-13-21(14-10-17)29(27,28)25-15-5-8-18-11-12-20(16-22(18)25)24-23(26)19-6-3-2-4-7-19/h2-4,6-7,9-14,16H,5,8,15H2,1H3,(H,24,26). The van der Waals surface area contributed by atoms with Crippen molar-refractivity contribution < 1.29 is 13.2 Å². The van der Waals surface area contributed by atoms with Gasteiger partial charge in [-0.05, 0) is 61.7 Å². The maximum absolute atomic E-state index is 13.3. The van der Waals surface area contributed by atoms with Crippen LogP contribution in [0.15, 0.2) is 77.7 Å². The summed E-state index contributed by atoms with van der Waals surface area (Å²) in [5.41, 5.74) is 3.72. The molecule has 0 radical (unpaired) electrons. The lowest BCUT2D eigenvalue weighted by Gasteiger charge is -2.31. The summed E-state index contributed by atoms with van der Waals surface area (Å²) in [5, 5.41) is 2.87. The predicted molar refractivity (Wildman–Crippen MR) is 115 cm³/mol. The number of hydrogen-bond donors (Lipinski definition) is 1. The highest BCUT2D eigenvalue weighted by Crippen LogP contribution is 2.34. The number of amides is 1. The Bertz CT molecular complexity index is 1140. The third-order valence-corrected chi connectivity index (χ3v) is 6.89. The molecule has 0 unspecified atom stereocenters. The number of rotatable bonds is 4. The van der Waals surface area contributed by atoms with E-state index in [0.29, 0.717) is 23.5 Å². The number of benzene rings is 3. The zero-order chi connectivity index (χ0) is 20.4. The number of nitrogens with zero attached hydrogens (tertiary/aromatic N) is 1. The minimum Gasteiger partial charge on any atom is -0.322 e. The summed E-state index contributed by atoms with van der Waals surface area (Å²) >= 11 is 0. The topological polar surface area (TPSA) is 66.5 Å². The molecule has 148 valence electrons. The van der Waals surface area contributed by atoms with Gasteiger partial charge in [-0.1, -0.05) is 42.0 Å². The Hall–Kier alpha value is -3.12. The van der Waals surface area contributed by atoms with E-state index < -0.39 is 10.0 Å². The van der Waals surface area contributed by atoms with Crippen LogP contribution in [-0.4, -0.2) is 20.9 Å². The molecule has 0 bridgehead atoms. The average molecular weight is 407 g/mol. The van der Waals surface area contributed by atoms with Gasteiger partial charge in [-0.3, -0.25) is 9.10 Å². The highest BCUT2D eigenvalue weighted by atomic mass is 32.2. The molecule has 0 spiro atoms. The maximum atomic E-state index is 13.3. The summed E-state index contributed by atoms with van der Waals surface area (Å²) in [4.78, 5) is 12.7. The van der Waals surface area contributed by atoms with Crippen molar-refractivity contribution in [3.8, 4) is 0 Å². The maximum Gasteiger partial charge on any atom is 0.264 e. The monoisotopic (exact) mass is 406 g/mol. The first-order valence-corrected chi connectivity index (χ1v) is 11.0. The van der Waals surface area contributed by atoms with Crippen LogP contribution in [0.2, 0.25) is 0 Å². The van der Waals surface area contributed by atoms with E-state index in [1.165, 1.54) is 4.31 Å². The zero-order valence-corrected chi connectivity index (χ0v) is 16.9. The molecule has 0 aromatic heterocycles. The number of anilines is 2. The van der Waals surface area contributed by atoms with Crippen LogP contribution in [0.3, 0.4) is 0 Å². The molecular weight excluding hydrogens is 384 g/mol. The van der Waals surface area contributed by atoms with Gasteiger partial charge in [0.15, 0.2) is 0 Å². The number of nitrogens with one attached hydrogen (secondary N) is 1. The Morgan fingerprint density at radius 2 is 1.69 bits per heavy atom. The van der Waals surface area contributed by atoms with E-state index in [9.17, 15) is 13.2 Å². The van der Waals surface area contributed by atoms with Gasteiger partial charge < -0.3 is 5.32 Å². The van der Waals surface area contributed by atoms with E-state index >= 15 is 0 Å². The molecule has 0 atom stereocenters. The van der Waals surface area contributed by atoms with Gasteiger partial charge in [-0.25, -0.2) is 8.42 Å². The molecule has 1 aliphatic heterocycles. The fraction of sp³-hybridized carbons (Fsp3) is 0.174. The molecule has 4 rings (SSSR count). The first kappa shape index (κ1) is 19.2. The van der Waals surface area contributed by atoms with Crippen LogP contribution in [0.25, 0.3) is 0 Å². The highest BCUT2D eigenvalue weighted by molar-refractivity contribution is 7.92. The van der Waals surface area contributed by atoms with Crippen molar-refractivity contribution in [2.45, 2.75) is 24.7 Å². The average Bonchev–Trinajstić information content (AvgIpc) is 2.74. The van der Waals surface area contributed by atoms with Crippen LogP contribution in [-0.2, 0) is 16.4 Å². The first-order valence-electron chi connectivity index (χ1n) is 9.54. The quantitative estimate of drug-likeness (QED) is 0.699. The number of hydrogen-bond acceptors (Lipinski definition) is 3. The Morgan fingerprint density at radius 1 is 0.966 bits per heavy atom. The Balaban J connectivity index is 1.67. The van der Waals surface area contributed by atoms with E-state index in [0.717, 1.165) is 24.0 Å². The molecule has 0 saturated carbocycles. The normalized spacial score (nSPS) is 13.6. The molecule has 1 aliphatic rings. The van der Waals surface area contributed by atoms with Crippen molar-refractivity contribution in [3.63, 3.8) is 0 Å². The van der Waals surface area contributed by atoms with Crippen molar-refractivity contribution in [2.75, 3.05) is 16.2 Å². The van der Waals surface area contributed by atoms with Crippen LogP contribution >= 0.6 is 0 Å². The van der Waals surface area contributed by atoms with E-state index in [4.69, 9.17) is 0 Å². The smallest absolute Gasteiger partial charge is 0.264 e. The number of aryl methyl sites for hydroxylation is 2. The van der Waals surface area contributed by atoms with Gasteiger partial charge in [0.25, 0.3) is 15.9 Å². The predicted octanol–water partition coefficient (Wildman–Crippen LogP) is 4.39. The van der Waals surface area contributed by atoms with E-state index in [-0.39, 0.29) is 10.8 Å². The van der Waals surface area contributed by atoms with E-state index in [1.807, 2.05) is 25.1 Å². The molecule has 1 N–H and O–H groups in total. The number of fused-ring (bicyclic) bond motifs is 1. The van der Waals surface area contributed by atoms with E-state index in [2.05, 4.69) is 5.32 Å². The lowest BCUT2D eigenvalue weighted by molar-refractivity contribution is 0.102. The second-order valence-electron chi connectivity index (χ2n) is 7.16. The van der Waals surface area contributed by atoms with Crippen molar-refractivity contribution in [1.82, 2.24) is 0 Å². The van der Waals surface area contributed by atoms with Gasteiger partial charge in [0, 0.05) is 17.8 Å². The van der Waals surface area contributed by atoms with Gasteiger partial charge in [0.2, 0.25) is 0 Å². The third kappa shape index (κ3) is 3.89.